The number of aliphatic hydroxyl groups is 1. The molecular weight excluding hydrogens is 354 g/mol. The van der Waals surface area contributed by atoms with Crippen LogP contribution in [-0.4, -0.2) is 42.0 Å². The van der Waals surface area contributed by atoms with E-state index in [0.29, 0.717) is 24.4 Å². The molecule has 7 nitrogen and oxygen atoms in total. The number of hydrogen-bond donors (Lipinski definition) is 1. The number of benzene rings is 1. The van der Waals surface area contributed by atoms with Gasteiger partial charge in [0.2, 0.25) is 5.91 Å². The van der Waals surface area contributed by atoms with Crippen molar-refractivity contribution in [3.63, 3.8) is 0 Å². The van der Waals surface area contributed by atoms with E-state index in [0.717, 1.165) is 31.6 Å². The van der Waals surface area contributed by atoms with Gasteiger partial charge in [0.15, 0.2) is 0 Å². The fraction of sp³-hybridized carbons (Fsp3) is 0.381. The Morgan fingerprint density at radius 1 is 1.21 bits per heavy atom. The highest BCUT2D eigenvalue weighted by Crippen LogP contribution is 2.23. The number of carbonyl (C=O) groups excluding carboxylic acids is 1. The zero-order valence-electron chi connectivity index (χ0n) is 16.0. The van der Waals surface area contributed by atoms with E-state index in [2.05, 4.69) is 22.3 Å². The monoisotopic (exact) mass is 379 g/mol. The Balaban J connectivity index is 1.45. The van der Waals surface area contributed by atoms with E-state index in [1.54, 1.807) is 24.0 Å². The molecule has 1 aliphatic heterocycles. The first-order valence-electron chi connectivity index (χ1n) is 9.66. The van der Waals surface area contributed by atoms with Crippen LogP contribution in [-0.2, 0) is 31.4 Å². The van der Waals surface area contributed by atoms with Crippen molar-refractivity contribution in [2.45, 2.75) is 38.5 Å². The summed E-state index contributed by atoms with van der Waals surface area (Å²) in [5.41, 5.74) is 3.43. The van der Waals surface area contributed by atoms with Gasteiger partial charge in [-0.05, 0) is 30.5 Å². The minimum atomic E-state index is -0.825. The van der Waals surface area contributed by atoms with E-state index in [-0.39, 0.29) is 5.91 Å². The van der Waals surface area contributed by atoms with Crippen molar-refractivity contribution in [1.82, 2.24) is 24.5 Å². The standard InChI is InChI=1S/C21H25N5O2/c1-24-19(10-11-22-24)21(28)18-14-17-15-25(12-5-13-26(17)23-18)20(27)9-8-16-6-3-2-4-7-16/h2-4,6-7,10-11,14,21,28H,5,8-9,12-13,15H2,1H3/t21-/m1/s1. The van der Waals surface area contributed by atoms with Gasteiger partial charge in [-0.3, -0.25) is 14.2 Å². The third-order valence-electron chi connectivity index (χ3n) is 5.28. The Morgan fingerprint density at radius 3 is 2.79 bits per heavy atom. The van der Waals surface area contributed by atoms with E-state index in [4.69, 9.17) is 0 Å². The lowest BCUT2D eigenvalue weighted by molar-refractivity contribution is -0.131. The van der Waals surface area contributed by atoms with Crippen LogP contribution in [0.3, 0.4) is 0 Å². The molecule has 0 fully saturated rings. The molecule has 1 atom stereocenters. The predicted octanol–water partition coefficient (Wildman–Crippen LogP) is 2.06. The van der Waals surface area contributed by atoms with Gasteiger partial charge in [-0.1, -0.05) is 30.3 Å². The summed E-state index contributed by atoms with van der Waals surface area (Å²) in [6, 6.07) is 13.8. The molecule has 28 heavy (non-hydrogen) atoms. The van der Waals surface area contributed by atoms with Crippen molar-refractivity contribution in [2.24, 2.45) is 7.05 Å². The molecule has 3 heterocycles. The molecule has 3 aromatic rings. The third kappa shape index (κ3) is 3.84. The number of aliphatic hydroxyl groups excluding tert-OH is 1. The van der Waals surface area contributed by atoms with Gasteiger partial charge in [0.1, 0.15) is 6.10 Å². The largest absolute Gasteiger partial charge is 0.380 e. The Labute approximate surface area is 164 Å². The maximum atomic E-state index is 12.7. The van der Waals surface area contributed by atoms with Crippen LogP contribution in [0.5, 0.6) is 0 Å². The molecule has 1 aliphatic rings. The summed E-state index contributed by atoms with van der Waals surface area (Å²) in [6.45, 7) is 2.01. The van der Waals surface area contributed by atoms with Crippen LogP contribution in [0.25, 0.3) is 0 Å². The first-order chi connectivity index (χ1) is 13.6. The van der Waals surface area contributed by atoms with Crippen molar-refractivity contribution in [3.05, 3.63) is 71.3 Å². The van der Waals surface area contributed by atoms with Crippen LogP contribution in [0.4, 0.5) is 0 Å². The molecule has 7 heteroatoms. The zero-order valence-corrected chi connectivity index (χ0v) is 16.0. The summed E-state index contributed by atoms with van der Waals surface area (Å²) in [5.74, 6) is 0.159. The van der Waals surface area contributed by atoms with Gasteiger partial charge in [-0.15, -0.1) is 0 Å². The van der Waals surface area contributed by atoms with E-state index in [9.17, 15) is 9.90 Å². The van der Waals surface area contributed by atoms with Crippen molar-refractivity contribution in [1.29, 1.82) is 0 Å². The van der Waals surface area contributed by atoms with Crippen LogP contribution >= 0.6 is 0 Å². The molecule has 2 aromatic heterocycles. The molecule has 1 aromatic carbocycles. The predicted molar refractivity (Wildman–Crippen MR) is 104 cm³/mol. The molecule has 146 valence electrons. The van der Waals surface area contributed by atoms with Gasteiger partial charge >= 0.3 is 0 Å². The molecule has 0 saturated carbocycles. The maximum Gasteiger partial charge on any atom is 0.223 e. The number of nitrogens with zero attached hydrogens (tertiary/aromatic N) is 5. The molecule has 0 spiro atoms. The average Bonchev–Trinajstić information content (AvgIpc) is 3.26. The number of carbonyl (C=O) groups is 1. The number of fused-ring (bicyclic) bond motifs is 1. The molecule has 0 radical (unpaired) electrons. The average molecular weight is 379 g/mol. The molecule has 1 amide bonds. The lowest BCUT2D eigenvalue weighted by Crippen LogP contribution is -2.30. The number of aryl methyl sites for hydroxylation is 3. The summed E-state index contributed by atoms with van der Waals surface area (Å²) >= 11 is 0. The van der Waals surface area contributed by atoms with E-state index >= 15 is 0 Å². The van der Waals surface area contributed by atoms with Crippen molar-refractivity contribution >= 4 is 5.91 Å². The second-order valence-electron chi connectivity index (χ2n) is 7.22. The van der Waals surface area contributed by atoms with Gasteiger partial charge in [-0.2, -0.15) is 10.2 Å². The quantitative estimate of drug-likeness (QED) is 0.736. The van der Waals surface area contributed by atoms with E-state index in [1.165, 1.54) is 5.56 Å². The van der Waals surface area contributed by atoms with Gasteiger partial charge in [0.05, 0.1) is 23.6 Å². The fourth-order valence-corrected chi connectivity index (χ4v) is 3.69. The molecule has 0 saturated heterocycles. The lowest BCUT2D eigenvalue weighted by atomic mass is 10.1. The zero-order chi connectivity index (χ0) is 19.5. The minimum absolute atomic E-state index is 0.159. The van der Waals surface area contributed by atoms with Gasteiger partial charge in [-0.25, -0.2) is 0 Å². The van der Waals surface area contributed by atoms with Crippen molar-refractivity contribution in [3.8, 4) is 0 Å². The highest BCUT2D eigenvalue weighted by atomic mass is 16.3. The Kier molecular flexibility index (Phi) is 5.25. The van der Waals surface area contributed by atoms with Crippen LogP contribution < -0.4 is 0 Å². The normalized spacial score (nSPS) is 15.1. The molecule has 1 N–H and O–H groups in total. The fourth-order valence-electron chi connectivity index (χ4n) is 3.69. The Bertz CT molecular complexity index is 947. The number of aromatic nitrogens is 4. The topological polar surface area (TPSA) is 76.2 Å². The highest BCUT2D eigenvalue weighted by molar-refractivity contribution is 5.76. The molecule has 0 bridgehead atoms. The molecule has 4 rings (SSSR count). The SMILES string of the molecule is Cn1nccc1[C@H](O)c1cc2n(n1)CCCN(C(=O)CCc1ccccc1)C2. The summed E-state index contributed by atoms with van der Waals surface area (Å²) in [5, 5.41) is 19.3. The van der Waals surface area contributed by atoms with Crippen LogP contribution in [0.2, 0.25) is 0 Å². The number of amides is 1. The van der Waals surface area contributed by atoms with Gasteiger partial charge in [0, 0.05) is 32.8 Å². The number of hydrogen-bond acceptors (Lipinski definition) is 4. The molecular formula is C21H25N5O2. The minimum Gasteiger partial charge on any atom is -0.380 e. The Hall–Kier alpha value is -2.93. The number of rotatable bonds is 5. The van der Waals surface area contributed by atoms with E-state index in [1.807, 2.05) is 33.8 Å². The summed E-state index contributed by atoms with van der Waals surface area (Å²) < 4.78 is 3.56. The summed E-state index contributed by atoms with van der Waals surface area (Å²) in [4.78, 5) is 14.6. The highest BCUT2D eigenvalue weighted by Gasteiger charge is 2.24. The van der Waals surface area contributed by atoms with Crippen LogP contribution in [0, 0.1) is 0 Å². The molecule has 0 aliphatic carbocycles. The summed E-state index contributed by atoms with van der Waals surface area (Å²) in [7, 11) is 1.80. The first kappa shape index (κ1) is 18.4. The lowest BCUT2D eigenvalue weighted by Gasteiger charge is -2.20. The van der Waals surface area contributed by atoms with Gasteiger partial charge < -0.3 is 10.0 Å². The van der Waals surface area contributed by atoms with Crippen LogP contribution in [0.1, 0.15) is 41.6 Å². The second kappa shape index (κ2) is 7.98. The summed E-state index contributed by atoms with van der Waals surface area (Å²) in [6.07, 6.45) is 2.94. The second-order valence-corrected chi connectivity index (χ2v) is 7.22. The van der Waals surface area contributed by atoms with Crippen molar-refractivity contribution in [2.75, 3.05) is 6.54 Å². The van der Waals surface area contributed by atoms with Crippen molar-refractivity contribution < 1.29 is 9.90 Å². The molecule has 0 unspecified atom stereocenters. The Morgan fingerprint density at radius 2 is 2.04 bits per heavy atom. The smallest absolute Gasteiger partial charge is 0.223 e. The first-order valence-corrected chi connectivity index (χ1v) is 9.66. The maximum absolute atomic E-state index is 12.7. The van der Waals surface area contributed by atoms with Crippen LogP contribution in [0.15, 0.2) is 48.7 Å². The van der Waals surface area contributed by atoms with Gasteiger partial charge in [0.25, 0.3) is 0 Å². The third-order valence-corrected chi connectivity index (χ3v) is 5.28. The van der Waals surface area contributed by atoms with E-state index < -0.39 is 6.10 Å².